The summed E-state index contributed by atoms with van der Waals surface area (Å²) in [6.45, 7) is 1.09. The minimum absolute atomic E-state index is 0.237. The highest BCUT2D eigenvalue weighted by atomic mass is 35.5. The maximum atomic E-state index is 11.4. The smallest absolute Gasteiger partial charge is 0.211 e. The van der Waals surface area contributed by atoms with Crippen LogP contribution in [0.5, 0.6) is 0 Å². The first-order chi connectivity index (χ1) is 8.86. The zero-order valence-corrected chi connectivity index (χ0v) is 12.3. The summed E-state index contributed by atoms with van der Waals surface area (Å²) < 4.78 is 24.3. The second-order valence-corrected chi connectivity index (χ2v) is 7.23. The molecule has 0 saturated carbocycles. The number of halogens is 1. The van der Waals surface area contributed by atoms with E-state index in [2.05, 4.69) is 5.32 Å². The molecule has 1 aliphatic heterocycles. The van der Waals surface area contributed by atoms with Crippen LogP contribution in [0.4, 0.5) is 11.4 Å². The normalized spacial score (nSPS) is 18.4. The van der Waals surface area contributed by atoms with Crippen molar-refractivity contribution in [2.75, 3.05) is 30.4 Å². The van der Waals surface area contributed by atoms with Gasteiger partial charge in [0.05, 0.1) is 17.6 Å². The van der Waals surface area contributed by atoms with Crippen molar-refractivity contribution in [3.05, 3.63) is 23.2 Å². The predicted molar refractivity (Wildman–Crippen MR) is 78.9 cm³/mol. The number of nitrogens with one attached hydrogen (secondary N) is 1. The van der Waals surface area contributed by atoms with Gasteiger partial charge in [-0.05, 0) is 31.0 Å². The van der Waals surface area contributed by atoms with Gasteiger partial charge in [0.2, 0.25) is 10.0 Å². The van der Waals surface area contributed by atoms with Crippen molar-refractivity contribution in [3.63, 3.8) is 0 Å². The topological polar surface area (TPSA) is 75.4 Å². The molecule has 0 bridgehead atoms. The molecule has 1 fully saturated rings. The standard InChI is InChI=1S/C12H18ClN3O2S/c1-19(17,18)16-6-4-10(5-7-16)15-12-3-2-9(13)8-11(12)14/h2-3,8,10,15H,4-7,14H2,1H3. The van der Waals surface area contributed by atoms with Crippen molar-refractivity contribution < 1.29 is 8.42 Å². The summed E-state index contributed by atoms with van der Waals surface area (Å²) in [4.78, 5) is 0. The molecule has 0 radical (unpaired) electrons. The minimum Gasteiger partial charge on any atom is -0.397 e. The Balaban J connectivity index is 1.96. The first-order valence-electron chi connectivity index (χ1n) is 6.13. The van der Waals surface area contributed by atoms with E-state index in [0.29, 0.717) is 23.8 Å². The zero-order valence-electron chi connectivity index (χ0n) is 10.8. The molecule has 19 heavy (non-hydrogen) atoms. The Morgan fingerprint density at radius 1 is 1.37 bits per heavy atom. The fourth-order valence-electron chi connectivity index (χ4n) is 2.22. The fraction of sp³-hybridized carbons (Fsp3) is 0.500. The summed E-state index contributed by atoms with van der Waals surface area (Å²) in [5.41, 5.74) is 7.34. The Kier molecular flexibility index (Phi) is 4.23. The number of nitrogen functional groups attached to an aromatic ring is 1. The van der Waals surface area contributed by atoms with Crippen LogP contribution in [0.2, 0.25) is 5.02 Å². The second kappa shape index (κ2) is 5.56. The Hall–Kier alpha value is -0.980. The highest BCUT2D eigenvalue weighted by Gasteiger charge is 2.24. The van der Waals surface area contributed by atoms with Gasteiger partial charge in [-0.1, -0.05) is 11.6 Å². The molecule has 0 aromatic heterocycles. The van der Waals surface area contributed by atoms with Crippen LogP contribution < -0.4 is 11.1 Å². The lowest BCUT2D eigenvalue weighted by atomic mass is 10.1. The molecule has 1 aromatic carbocycles. The molecule has 0 aliphatic carbocycles. The van der Waals surface area contributed by atoms with Crippen LogP contribution in [0.25, 0.3) is 0 Å². The summed E-state index contributed by atoms with van der Waals surface area (Å²) in [5, 5.41) is 3.95. The lowest BCUT2D eigenvalue weighted by molar-refractivity contribution is 0.332. The van der Waals surface area contributed by atoms with Crippen LogP contribution in [0.1, 0.15) is 12.8 Å². The van der Waals surface area contributed by atoms with E-state index < -0.39 is 10.0 Å². The zero-order chi connectivity index (χ0) is 14.0. The summed E-state index contributed by atoms with van der Waals surface area (Å²) >= 11 is 5.85. The Morgan fingerprint density at radius 2 is 2.00 bits per heavy atom. The number of piperidine rings is 1. The van der Waals surface area contributed by atoms with Crippen molar-refractivity contribution in [1.29, 1.82) is 0 Å². The first-order valence-corrected chi connectivity index (χ1v) is 8.35. The third kappa shape index (κ3) is 3.75. The van der Waals surface area contributed by atoms with Crippen molar-refractivity contribution in [2.45, 2.75) is 18.9 Å². The molecule has 1 aliphatic rings. The Bertz CT molecular complexity index is 554. The van der Waals surface area contributed by atoms with Crippen LogP contribution >= 0.6 is 11.6 Å². The number of rotatable bonds is 3. The van der Waals surface area contributed by atoms with Gasteiger partial charge in [0.1, 0.15) is 0 Å². The van der Waals surface area contributed by atoms with Crippen molar-refractivity contribution in [3.8, 4) is 0 Å². The molecule has 1 aromatic rings. The van der Waals surface area contributed by atoms with E-state index in [1.807, 2.05) is 6.07 Å². The summed E-state index contributed by atoms with van der Waals surface area (Å²) in [7, 11) is -3.07. The predicted octanol–water partition coefficient (Wildman–Crippen LogP) is 1.76. The van der Waals surface area contributed by atoms with Gasteiger partial charge in [-0.3, -0.25) is 0 Å². The average molecular weight is 304 g/mol. The highest BCUT2D eigenvalue weighted by molar-refractivity contribution is 7.88. The quantitative estimate of drug-likeness (QED) is 0.834. The molecule has 106 valence electrons. The van der Waals surface area contributed by atoms with Crippen LogP contribution in [-0.4, -0.2) is 38.1 Å². The molecule has 1 saturated heterocycles. The van der Waals surface area contributed by atoms with Crippen LogP contribution in [-0.2, 0) is 10.0 Å². The maximum absolute atomic E-state index is 11.4. The molecule has 0 atom stereocenters. The number of nitrogens with two attached hydrogens (primary N) is 1. The van der Waals surface area contributed by atoms with Gasteiger partial charge in [0.15, 0.2) is 0 Å². The average Bonchev–Trinajstić information content (AvgIpc) is 2.32. The molecule has 7 heteroatoms. The van der Waals surface area contributed by atoms with Crippen LogP contribution in [0.15, 0.2) is 18.2 Å². The first kappa shape index (κ1) is 14.4. The summed E-state index contributed by atoms with van der Waals surface area (Å²) in [5.74, 6) is 0. The largest absolute Gasteiger partial charge is 0.397 e. The van der Waals surface area contributed by atoms with E-state index in [4.69, 9.17) is 17.3 Å². The number of nitrogens with zero attached hydrogens (tertiary/aromatic N) is 1. The van der Waals surface area contributed by atoms with E-state index in [1.54, 1.807) is 12.1 Å². The van der Waals surface area contributed by atoms with Gasteiger partial charge in [-0.25, -0.2) is 12.7 Å². The van der Waals surface area contributed by atoms with Crippen LogP contribution in [0, 0.1) is 0 Å². The molecule has 0 amide bonds. The van der Waals surface area contributed by atoms with Gasteiger partial charge in [0, 0.05) is 24.2 Å². The molecule has 5 nitrogen and oxygen atoms in total. The van der Waals surface area contributed by atoms with Gasteiger partial charge in [-0.2, -0.15) is 0 Å². The number of sulfonamides is 1. The molecule has 0 unspecified atom stereocenters. The van der Waals surface area contributed by atoms with Gasteiger partial charge in [0.25, 0.3) is 0 Å². The molecule has 2 rings (SSSR count). The number of hydrogen-bond acceptors (Lipinski definition) is 4. The lowest BCUT2D eigenvalue weighted by Crippen LogP contribution is -2.41. The number of hydrogen-bond donors (Lipinski definition) is 2. The number of benzene rings is 1. The molecule has 0 spiro atoms. The summed E-state index contributed by atoms with van der Waals surface area (Å²) in [6.07, 6.45) is 2.79. The fourth-order valence-corrected chi connectivity index (χ4v) is 3.27. The molecular formula is C12H18ClN3O2S. The third-order valence-electron chi connectivity index (χ3n) is 3.30. The highest BCUT2D eigenvalue weighted by Crippen LogP contribution is 2.25. The monoisotopic (exact) mass is 303 g/mol. The van der Waals surface area contributed by atoms with Crippen molar-refractivity contribution in [1.82, 2.24) is 4.31 Å². The Labute approximate surface area is 118 Å². The molecule has 1 heterocycles. The van der Waals surface area contributed by atoms with E-state index in [1.165, 1.54) is 10.6 Å². The second-order valence-electron chi connectivity index (χ2n) is 4.81. The van der Waals surface area contributed by atoms with E-state index in [0.717, 1.165) is 18.5 Å². The van der Waals surface area contributed by atoms with Gasteiger partial charge in [-0.15, -0.1) is 0 Å². The Morgan fingerprint density at radius 3 is 2.53 bits per heavy atom. The molecule has 3 N–H and O–H groups in total. The van der Waals surface area contributed by atoms with Gasteiger partial charge >= 0.3 is 0 Å². The molecular weight excluding hydrogens is 286 g/mol. The third-order valence-corrected chi connectivity index (χ3v) is 4.83. The SMILES string of the molecule is CS(=O)(=O)N1CCC(Nc2ccc(Cl)cc2N)CC1. The minimum atomic E-state index is -3.07. The van der Waals surface area contributed by atoms with Crippen LogP contribution in [0.3, 0.4) is 0 Å². The lowest BCUT2D eigenvalue weighted by Gasteiger charge is -2.31. The van der Waals surface area contributed by atoms with E-state index >= 15 is 0 Å². The maximum Gasteiger partial charge on any atom is 0.211 e. The van der Waals surface area contributed by atoms with E-state index in [-0.39, 0.29) is 6.04 Å². The van der Waals surface area contributed by atoms with Crippen molar-refractivity contribution in [2.24, 2.45) is 0 Å². The summed E-state index contributed by atoms with van der Waals surface area (Å²) in [6, 6.07) is 5.57. The van der Waals surface area contributed by atoms with E-state index in [9.17, 15) is 8.42 Å². The van der Waals surface area contributed by atoms with Gasteiger partial charge < -0.3 is 11.1 Å². The van der Waals surface area contributed by atoms with Crippen molar-refractivity contribution >= 4 is 33.0 Å². The number of anilines is 2.